The Labute approximate surface area is 169 Å². The molecule has 0 saturated heterocycles. The molecule has 2 aromatic carbocycles. The molecule has 2 aromatic rings. The summed E-state index contributed by atoms with van der Waals surface area (Å²) in [5, 5.41) is 2.74. The topological polar surface area (TPSA) is 66.5 Å². The quantitative estimate of drug-likeness (QED) is 0.600. The van der Waals surface area contributed by atoms with Gasteiger partial charge in [-0.3, -0.25) is 14.4 Å². The molecule has 0 spiro atoms. The number of nitrogens with zero attached hydrogens (tertiary/aromatic N) is 1. The molecule has 1 N–H and O–H groups in total. The van der Waals surface area contributed by atoms with Crippen molar-refractivity contribution in [1.29, 1.82) is 0 Å². The molecule has 0 atom stereocenters. The third kappa shape index (κ3) is 6.07. The minimum absolute atomic E-state index is 0.0632. The number of anilines is 1. The number of hydrogen-bond acceptors (Lipinski definition) is 3. The lowest BCUT2D eigenvalue weighted by Crippen LogP contribution is -2.35. The van der Waals surface area contributed by atoms with E-state index in [1.165, 1.54) is 4.90 Å². The van der Waals surface area contributed by atoms with Crippen LogP contribution in [0.4, 0.5) is 5.69 Å². The predicted molar refractivity (Wildman–Crippen MR) is 108 cm³/mol. The van der Waals surface area contributed by atoms with E-state index in [2.05, 4.69) is 37.2 Å². The number of benzene rings is 2. The van der Waals surface area contributed by atoms with Crippen LogP contribution < -0.4 is 5.32 Å². The van der Waals surface area contributed by atoms with Gasteiger partial charge in [0.15, 0.2) is 5.78 Å². The number of hydrogen-bond donors (Lipinski definition) is 1. The van der Waals surface area contributed by atoms with Crippen LogP contribution in [0, 0.1) is 0 Å². The van der Waals surface area contributed by atoms with Gasteiger partial charge < -0.3 is 10.2 Å². The summed E-state index contributed by atoms with van der Waals surface area (Å²) in [6.45, 7) is -0.0767. The van der Waals surface area contributed by atoms with Gasteiger partial charge in [0.25, 0.3) is 0 Å². The summed E-state index contributed by atoms with van der Waals surface area (Å²) in [7, 11) is 1.55. The molecule has 2 amide bonds. The van der Waals surface area contributed by atoms with Crippen LogP contribution in [0.2, 0.25) is 0 Å². The highest BCUT2D eigenvalue weighted by atomic mass is 79.9. The van der Waals surface area contributed by atoms with Gasteiger partial charge in [-0.2, -0.15) is 0 Å². The second-order valence-corrected chi connectivity index (χ2v) is 7.48. The largest absolute Gasteiger partial charge is 0.336 e. The van der Waals surface area contributed by atoms with Crippen molar-refractivity contribution in [3.63, 3.8) is 0 Å². The molecule has 0 aromatic heterocycles. The summed E-state index contributed by atoms with van der Waals surface area (Å²) in [5.74, 6) is -0.651. The summed E-state index contributed by atoms with van der Waals surface area (Å²) < 4.78 is 1.66. The molecule has 0 radical (unpaired) electrons. The fourth-order valence-corrected chi connectivity index (χ4v) is 2.90. The Morgan fingerprint density at radius 3 is 2.27 bits per heavy atom. The van der Waals surface area contributed by atoms with E-state index in [0.29, 0.717) is 11.3 Å². The highest BCUT2D eigenvalue weighted by Crippen LogP contribution is 2.21. The molecule has 5 nitrogen and oxygen atoms in total. The summed E-state index contributed by atoms with van der Waals surface area (Å²) in [6, 6.07) is 14.2. The lowest BCUT2D eigenvalue weighted by atomic mass is 10.1. The first-order valence-corrected chi connectivity index (χ1v) is 9.52. The fourth-order valence-electron chi connectivity index (χ4n) is 2.25. The minimum atomic E-state index is -0.299. The number of likely N-dealkylation sites (N-methyl/N-ethyl adjacent to an activating group) is 1. The third-order valence-electron chi connectivity index (χ3n) is 3.69. The van der Waals surface area contributed by atoms with Crippen LogP contribution in [0.5, 0.6) is 0 Å². The molecule has 0 fully saturated rings. The summed E-state index contributed by atoms with van der Waals surface area (Å²) in [5.41, 5.74) is 1.21. The number of amides is 2. The number of para-hydroxylation sites is 1. The first-order valence-electron chi connectivity index (χ1n) is 7.94. The van der Waals surface area contributed by atoms with E-state index in [0.717, 1.165) is 8.95 Å². The molecule has 0 saturated carbocycles. The van der Waals surface area contributed by atoms with Crippen molar-refractivity contribution in [2.45, 2.75) is 12.8 Å². The maximum absolute atomic E-state index is 12.2. The van der Waals surface area contributed by atoms with Gasteiger partial charge in [-0.05, 0) is 40.2 Å². The molecule has 2 rings (SSSR count). The summed E-state index contributed by atoms with van der Waals surface area (Å²) in [4.78, 5) is 37.7. The van der Waals surface area contributed by atoms with E-state index in [4.69, 9.17) is 0 Å². The van der Waals surface area contributed by atoms with Crippen LogP contribution in [0.3, 0.4) is 0 Å². The molecule has 26 heavy (non-hydrogen) atoms. The average molecular weight is 482 g/mol. The van der Waals surface area contributed by atoms with Crippen molar-refractivity contribution in [2.75, 3.05) is 18.9 Å². The SMILES string of the molecule is CN(CC(=O)Nc1ccccc1Br)C(=O)CCC(=O)c1ccc(Br)cc1. The van der Waals surface area contributed by atoms with Gasteiger partial charge in [0.1, 0.15) is 0 Å². The zero-order valence-electron chi connectivity index (χ0n) is 14.2. The molecule has 7 heteroatoms. The van der Waals surface area contributed by atoms with Crippen LogP contribution in [-0.4, -0.2) is 36.1 Å². The van der Waals surface area contributed by atoms with E-state index in [1.807, 2.05) is 18.2 Å². The van der Waals surface area contributed by atoms with E-state index in [9.17, 15) is 14.4 Å². The zero-order valence-corrected chi connectivity index (χ0v) is 17.3. The zero-order chi connectivity index (χ0) is 19.1. The molecule has 0 aliphatic carbocycles. The van der Waals surface area contributed by atoms with Gasteiger partial charge in [-0.25, -0.2) is 0 Å². The van der Waals surface area contributed by atoms with Crippen LogP contribution in [-0.2, 0) is 9.59 Å². The van der Waals surface area contributed by atoms with Gasteiger partial charge in [0, 0.05) is 34.4 Å². The van der Waals surface area contributed by atoms with Crippen molar-refractivity contribution < 1.29 is 14.4 Å². The number of Topliss-reactive ketones (excluding diaryl/α,β-unsaturated/α-hetero) is 1. The Kier molecular flexibility index (Phi) is 7.53. The van der Waals surface area contributed by atoms with Gasteiger partial charge in [0.2, 0.25) is 11.8 Å². The van der Waals surface area contributed by atoms with Crippen molar-refractivity contribution in [1.82, 2.24) is 4.90 Å². The second-order valence-electron chi connectivity index (χ2n) is 5.71. The molecule has 0 bridgehead atoms. The van der Waals surface area contributed by atoms with E-state index >= 15 is 0 Å². The Balaban J connectivity index is 1.81. The standard InChI is InChI=1S/C19H18Br2N2O3/c1-23(12-18(25)22-16-5-3-2-4-15(16)21)19(26)11-10-17(24)13-6-8-14(20)9-7-13/h2-9H,10-12H2,1H3,(H,22,25). The van der Waals surface area contributed by atoms with Crippen molar-refractivity contribution >= 4 is 55.1 Å². The van der Waals surface area contributed by atoms with E-state index in [1.54, 1.807) is 37.4 Å². The third-order valence-corrected chi connectivity index (χ3v) is 4.91. The van der Waals surface area contributed by atoms with Crippen molar-refractivity contribution in [3.8, 4) is 0 Å². The lowest BCUT2D eigenvalue weighted by molar-refractivity contribution is -0.133. The number of halogens is 2. The maximum atomic E-state index is 12.2. The minimum Gasteiger partial charge on any atom is -0.336 e. The molecule has 0 aliphatic rings. The van der Waals surface area contributed by atoms with Crippen LogP contribution in [0.1, 0.15) is 23.2 Å². The van der Waals surface area contributed by atoms with Crippen LogP contribution >= 0.6 is 31.9 Å². The smallest absolute Gasteiger partial charge is 0.244 e. The number of rotatable bonds is 7. The highest BCUT2D eigenvalue weighted by molar-refractivity contribution is 9.10. The van der Waals surface area contributed by atoms with Crippen LogP contribution in [0.15, 0.2) is 57.5 Å². The number of carbonyl (C=O) groups is 3. The first kappa shape index (κ1) is 20.3. The van der Waals surface area contributed by atoms with Crippen LogP contribution in [0.25, 0.3) is 0 Å². The normalized spacial score (nSPS) is 10.3. The first-order chi connectivity index (χ1) is 12.4. The molecule has 0 heterocycles. The number of nitrogens with one attached hydrogen (secondary N) is 1. The Hall–Kier alpha value is -1.99. The number of carbonyl (C=O) groups excluding carboxylic acids is 3. The molecular weight excluding hydrogens is 464 g/mol. The summed E-state index contributed by atoms with van der Waals surface area (Å²) >= 11 is 6.67. The summed E-state index contributed by atoms with van der Waals surface area (Å²) in [6.07, 6.45) is 0.171. The number of ketones is 1. The van der Waals surface area contributed by atoms with Gasteiger partial charge in [0.05, 0.1) is 12.2 Å². The Bertz CT molecular complexity index is 807. The average Bonchev–Trinajstić information content (AvgIpc) is 2.61. The Morgan fingerprint density at radius 1 is 0.962 bits per heavy atom. The Morgan fingerprint density at radius 2 is 1.62 bits per heavy atom. The van der Waals surface area contributed by atoms with E-state index < -0.39 is 0 Å². The molecule has 0 aliphatic heterocycles. The molecule has 0 unspecified atom stereocenters. The van der Waals surface area contributed by atoms with Gasteiger partial charge in [-0.1, -0.05) is 40.2 Å². The van der Waals surface area contributed by atoms with Gasteiger partial charge in [-0.15, -0.1) is 0 Å². The van der Waals surface area contributed by atoms with Crippen molar-refractivity contribution in [2.24, 2.45) is 0 Å². The van der Waals surface area contributed by atoms with Gasteiger partial charge >= 0.3 is 0 Å². The predicted octanol–water partition coefficient (Wildman–Crippen LogP) is 4.27. The van der Waals surface area contributed by atoms with Crippen molar-refractivity contribution in [3.05, 3.63) is 63.0 Å². The fraction of sp³-hybridized carbons (Fsp3) is 0.211. The second kappa shape index (κ2) is 9.64. The highest BCUT2D eigenvalue weighted by Gasteiger charge is 2.16. The lowest BCUT2D eigenvalue weighted by Gasteiger charge is -2.17. The molecular formula is C19H18Br2N2O3. The monoisotopic (exact) mass is 480 g/mol. The van der Waals surface area contributed by atoms with E-state index in [-0.39, 0.29) is 37.0 Å². The molecule has 136 valence electrons. The maximum Gasteiger partial charge on any atom is 0.244 e.